The van der Waals surface area contributed by atoms with E-state index in [0.29, 0.717) is 45.8 Å². The van der Waals surface area contributed by atoms with E-state index in [9.17, 15) is 9.59 Å². The highest BCUT2D eigenvalue weighted by Crippen LogP contribution is 2.28. The summed E-state index contributed by atoms with van der Waals surface area (Å²) in [5, 5.41) is 3.31. The molecule has 28 heavy (non-hydrogen) atoms. The Morgan fingerprint density at radius 1 is 1.14 bits per heavy atom. The Balaban J connectivity index is 1.67. The van der Waals surface area contributed by atoms with Crippen LogP contribution in [0, 0.1) is 6.92 Å². The van der Waals surface area contributed by atoms with Gasteiger partial charge in [-0.3, -0.25) is 4.79 Å². The molecule has 6 nitrogen and oxygen atoms in total. The first-order chi connectivity index (χ1) is 13.5. The molecule has 0 radical (unpaired) electrons. The lowest BCUT2D eigenvalue weighted by Gasteiger charge is -2.06. The Bertz CT molecular complexity index is 996. The molecule has 0 unspecified atom stereocenters. The molecule has 0 aliphatic rings. The van der Waals surface area contributed by atoms with Crippen molar-refractivity contribution in [3.63, 3.8) is 0 Å². The first-order valence-electron chi connectivity index (χ1n) is 8.76. The highest BCUT2D eigenvalue weighted by atomic mass is 35.5. The maximum atomic E-state index is 12.4. The molecule has 1 N–H and O–H groups in total. The fraction of sp³-hybridized carbons (Fsp3) is 0.190. The Morgan fingerprint density at radius 2 is 1.86 bits per heavy atom. The van der Waals surface area contributed by atoms with Crippen molar-refractivity contribution in [1.82, 2.24) is 4.98 Å². The van der Waals surface area contributed by atoms with Gasteiger partial charge in [-0.25, -0.2) is 9.78 Å². The van der Waals surface area contributed by atoms with Crippen molar-refractivity contribution in [2.45, 2.75) is 20.3 Å². The summed E-state index contributed by atoms with van der Waals surface area (Å²) in [6.07, 6.45) is 0.0550. The zero-order valence-electron chi connectivity index (χ0n) is 15.5. The van der Waals surface area contributed by atoms with Crippen molar-refractivity contribution in [2.75, 3.05) is 11.9 Å². The molecule has 0 aliphatic heterocycles. The molecule has 0 saturated carbocycles. The van der Waals surface area contributed by atoms with Gasteiger partial charge in [0.2, 0.25) is 11.8 Å². The number of carbonyl (C=O) groups is 2. The summed E-state index contributed by atoms with van der Waals surface area (Å²) in [6, 6.07) is 13.7. The van der Waals surface area contributed by atoms with E-state index in [-0.39, 0.29) is 12.3 Å². The molecule has 3 rings (SSSR count). The molecular weight excluding hydrogens is 380 g/mol. The average Bonchev–Trinajstić information content (AvgIpc) is 3.03. The number of anilines is 1. The van der Waals surface area contributed by atoms with E-state index in [4.69, 9.17) is 20.8 Å². The van der Waals surface area contributed by atoms with Crippen molar-refractivity contribution in [3.8, 4) is 11.5 Å². The number of benzene rings is 2. The van der Waals surface area contributed by atoms with Crippen molar-refractivity contribution >= 4 is 29.2 Å². The molecule has 3 aromatic rings. The minimum absolute atomic E-state index is 0.0550. The van der Waals surface area contributed by atoms with Crippen LogP contribution in [-0.2, 0) is 16.0 Å². The first-order valence-corrected chi connectivity index (χ1v) is 9.14. The van der Waals surface area contributed by atoms with Crippen molar-refractivity contribution < 1.29 is 18.7 Å². The van der Waals surface area contributed by atoms with Crippen LogP contribution in [-0.4, -0.2) is 23.5 Å². The van der Waals surface area contributed by atoms with Crippen molar-refractivity contribution in [1.29, 1.82) is 0 Å². The molecule has 144 valence electrons. The smallest absolute Gasteiger partial charge is 0.338 e. The number of amides is 1. The summed E-state index contributed by atoms with van der Waals surface area (Å²) in [5.74, 6) is 0.295. The van der Waals surface area contributed by atoms with E-state index >= 15 is 0 Å². The Hall–Kier alpha value is -3.12. The molecule has 1 heterocycles. The van der Waals surface area contributed by atoms with E-state index in [1.807, 2.05) is 18.2 Å². The number of ether oxygens (including phenoxy) is 1. The van der Waals surface area contributed by atoms with Crippen LogP contribution in [0.4, 0.5) is 5.69 Å². The van der Waals surface area contributed by atoms with Gasteiger partial charge < -0.3 is 14.5 Å². The van der Waals surface area contributed by atoms with Gasteiger partial charge in [0.05, 0.1) is 34.9 Å². The van der Waals surface area contributed by atoms with Gasteiger partial charge in [-0.15, -0.1) is 0 Å². The minimum atomic E-state index is -0.397. The first kappa shape index (κ1) is 19.6. The second kappa shape index (κ2) is 8.71. The topological polar surface area (TPSA) is 81.4 Å². The molecule has 0 aliphatic carbocycles. The summed E-state index contributed by atoms with van der Waals surface area (Å²) in [6.45, 7) is 3.81. The predicted molar refractivity (Wildman–Crippen MR) is 106 cm³/mol. The second-order valence-corrected chi connectivity index (χ2v) is 6.43. The number of aromatic nitrogens is 1. The quantitative estimate of drug-likeness (QED) is 0.610. The maximum absolute atomic E-state index is 12.4. The van der Waals surface area contributed by atoms with Gasteiger partial charge in [-0.1, -0.05) is 23.7 Å². The van der Waals surface area contributed by atoms with Crippen LogP contribution in [0.5, 0.6) is 0 Å². The number of hydrogen-bond acceptors (Lipinski definition) is 5. The van der Waals surface area contributed by atoms with Crippen molar-refractivity contribution in [3.05, 3.63) is 70.6 Å². The van der Waals surface area contributed by atoms with Gasteiger partial charge in [0.1, 0.15) is 5.76 Å². The van der Waals surface area contributed by atoms with E-state index in [1.165, 1.54) is 0 Å². The molecule has 0 bridgehead atoms. The number of nitrogens with one attached hydrogen (secondary N) is 1. The van der Waals surface area contributed by atoms with Gasteiger partial charge >= 0.3 is 5.97 Å². The lowest BCUT2D eigenvalue weighted by atomic mass is 10.2. The third kappa shape index (κ3) is 4.58. The third-order valence-corrected chi connectivity index (χ3v) is 4.33. The SMILES string of the molecule is CCOC(=O)c1ccc(NC(=O)Cc2nc(-c3ccccc3Cl)oc2C)cc1. The van der Waals surface area contributed by atoms with E-state index in [0.717, 1.165) is 0 Å². The number of oxazole rings is 1. The van der Waals surface area contributed by atoms with Gasteiger partial charge in [-0.05, 0) is 50.2 Å². The van der Waals surface area contributed by atoms with Crippen molar-refractivity contribution in [2.24, 2.45) is 0 Å². The van der Waals surface area contributed by atoms with Crippen LogP contribution < -0.4 is 5.32 Å². The van der Waals surface area contributed by atoms with Crippen LogP contribution in [0.3, 0.4) is 0 Å². The number of rotatable bonds is 6. The Labute approximate surface area is 167 Å². The zero-order chi connectivity index (χ0) is 20.1. The van der Waals surface area contributed by atoms with E-state index < -0.39 is 5.97 Å². The normalized spacial score (nSPS) is 10.5. The summed E-state index contributed by atoms with van der Waals surface area (Å²) in [7, 11) is 0. The lowest BCUT2D eigenvalue weighted by molar-refractivity contribution is -0.115. The van der Waals surface area contributed by atoms with Gasteiger partial charge in [0.15, 0.2) is 0 Å². The molecule has 0 spiro atoms. The van der Waals surface area contributed by atoms with Gasteiger partial charge in [-0.2, -0.15) is 0 Å². The van der Waals surface area contributed by atoms with Crippen LogP contribution in [0.1, 0.15) is 28.7 Å². The second-order valence-electron chi connectivity index (χ2n) is 6.02. The number of hydrogen-bond donors (Lipinski definition) is 1. The highest BCUT2D eigenvalue weighted by Gasteiger charge is 2.16. The molecule has 0 atom stereocenters. The summed E-state index contributed by atoms with van der Waals surface area (Å²) in [4.78, 5) is 28.4. The Morgan fingerprint density at radius 3 is 2.54 bits per heavy atom. The summed E-state index contributed by atoms with van der Waals surface area (Å²) < 4.78 is 10.6. The molecular formula is C21H19ClN2O4. The number of nitrogens with zero attached hydrogens (tertiary/aromatic N) is 1. The fourth-order valence-corrected chi connectivity index (χ4v) is 2.82. The van der Waals surface area contributed by atoms with Crippen LogP contribution in [0.15, 0.2) is 52.9 Å². The molecule has 0 fully saturated rings. The number of carbonyl (C=O) groups excluding carboxylic acids is 2. The average molecular weight is 399 g/mol. The lowest BCUT2D eigenvalue weighted by Crippen LogP contribution is -2.15. The fourth-order valence-electron chi connectivity index (χ4n) is 2.60. The van der Waals surface area contributed by atoms with E-state index in [1.54, 1.807) is 44.2 Å². The zero-order valence-corrected chi connectivity index (χ0v) is 16.2. The standard InChI is InChI=1S/C21H19ClN2O4/c1-3-27-21(26)14-8-10-15(11-9-14)23-19(25)12-18-13(2)28-20(24-18)16-6-4-5-7-17(16)22/h4-11H,3,12H2,1-2H3,(H,23,25). The molecule has 2 aromatic carbocycles. The maximum Gasteiger partial charge on any atom is 0.338 e. The largest absolute Gasteiger partial charge is 0.462 e. The predicted octanol–water partition coefficient (Wildman–Crippen LogP) is 4.66. The number of esters is 1. The summed E-state index contributed by atoms with van der Waals surface area (Å²) in [5.41, 5.74) is 2.21. The van der Waals surface area contributed by atoms with Crippen LogP contribution in [0.2, 0.25) is 5.02 Å². The Kier molecular flexibility index (Phi) is 6.11. The number of halogens is 1. The third-order valence-electron chi connectivity index (χ3n) is 4.00. The molecule has 0 saturated heterocycles. The monoisotopic (exact) mass is 398 g/mol. The van der Waals surface area contributed by atoms with Gasteiger partial charge in [0, 0.05) is 5.69 Å². The van der Waals surface area contributed by atoms with Crippen LogP contribution >= 0.6 is 11.6 Å². The van der Waals surface area contributed by atoms with Gasteiger partial charge in [0.25, 0.3) is 0 Å². The molecule has 1 aromatic heterocycles. The highest BCUT2D eigenvalue weighted by molar-refractivity contribution is 6.33. The summed E-state index contributed by atoms with van der Waals surface area (Å²) >= 11 is 6.18. The molecule has 7 heteroatoms. The minimum Gasteiger partial charge on any atom is -0.462 e. The molecule has 1 amide bonds. The number of aryl methyl sites for hydroxylation is 1. The van der Waals surface area contributed by atoms with E-state index in [2.05, 4.69) is 10.3 Å². The van der Waals surface area contributed by atoms with Crippen LogP contribution in [0.25, 0.3) is 11.5 Å².